The molecular formula is C70H66N12O8. The van der Waals surface area contributed by atoms with E-state index >= 15 is 0 Å². The molecule has 454 valence electrons. The number of H-pyrrole nitrogens is 8. The first-order valence-corrected chi connectivity index (χ1v) is 29.6. The summed E-state index contributed by atoms with van der Waals surface area (Å²) in [5.74, 6) is -1.52. The van der Waals surface area contributed by atoms with Gasteiger partial charge in [0.15, 0.2) is 0 Å². The Morgan fingerprint density at radius 2 is 0.611 bits per heavy atom. The first-order valence-electron chi connectivity index (χ1n) is 29.6. The van der Waals surface area contributed by atoms with Crippen LogP contribution in [0.4, 0.5) is 0 Å². The highest BCUT2D eigenvalue weighted by atomic mass is 16.5. The van der Waals surface area contributed by atoms with Gasteiger partial charge in [-0.3, -0.25) is 19.2 Å². The van der Waals surface area contributed by atoms with E-state index in [-0.39, 0.29) is 102 Å². The Balaban J connectivity index is 1.17. The first-order chi connectivity index (χ1) is 44.1. The molecule has 8 N–H and O–H groups in total. The number of carbonyl (C=O) groups excluding carboxylic acids is 4. The second-order valence-electron chi connectivity index (χ2n) is 21.5. The van der Waals surface area contributed by atoms with E-state index in [1.54, 1.807) is 49.4 Å². The van der Waals surface area contributed by atoms with Crippen LogP contribution in [0.5, 0.6) is 0 Å². The van der Waals surface area contributed by atoms with Gasteiger partial charge in [-0.25, -0.2) is 9.97 Å². The third kappa shape index (κ3) is 12.5. The molecule has 0 unspecified atom stereocenters. The molecule has 0 aromatic carbocycles. The molecule has 0 radical (unpaired) electrons. The van der Waals surface area contributed by atoms with Crippen LogP contribution in [0.15, 0.2) is 185 Å². The van der Waals surface area contributed by atoms with Crippen molar-refractivity contribution in [3.05, 3.63) is 273 Å². The summed E-state index contributed by atoms with van der Waals surface area (Å²) in [6.45, 7) is 15.3. The average Bonchev–Trinajstić information content (AvgIpc) is 1.63. The van der Waals surface area contributed by atoms with E-state index in [0.717, 1.165) is 111 Å². The highest BCUT2D eigenvalue weighted by Gasteiger charge is 2.24. The number of carbonyl (C=O) groups is 4. The van der Waals surface area contributed by atoms with Crippen molar-refractivity contribution in [2.24, 2.45) is 0 Å². The number of aromatic nitrogens is 12. The fraction of sp³-hybridized carbons (Fsp3) is 0.171. The number of hydrogen-bond acceptors (Lipinski definition) is 10. The zero-order valence-electron chi connectivity index (χ0n) is 49.4. The minimum absolute atomic E-state index is 0.0667. The zero-order chi connectivity index (χ0) is 62.1. The van der Waals surface area contributed by atoms with Crippen LogP contribution in [0.2, 0.25) is 0 Å². The standard InChI is InChI=1S/C70H66N12O8/c1-5-37-87-63(83)29-9-43-47-13-21-55(73-47)67(56-22-14-48(74-56)44(10-30-64(84)88-38-6-2)52-18-26-60(78-52)69(81-35-33-71-41-81)59-25-17-51(43)77-59)68-57-23-15-49(75-57)45(11-31-65(85)89-39-7-3)53-19-27-61(79-53)70(82-36-34-72-42-82)62-28-20-54(80-62)46(50-16-24-58(68)76-50)12-32-66(86)90-40-8-4/h5-8,13-28,33-36,41-42,73-80H,1-4,9-12,29-32,37-40H2. The van der Waals surface area contributed by atoms with Crippen LogP contribution in [0.25, 0.3) is 44.8 Å². The van der Waals surface area contributed by atoms with Gasteiger partial charge < -0.3 is 68.0 Å². The summed E-state index contributed by atoms with van der Waals surface area (Å²) in [7, 11) is 0. The Bertz CT molecular complexity index is 4610. The number of nitrogens with one attached hydrogen (secondary N) is 8. The molecule has 2 aliphatic rings. The lowest BCUT2D eigenvalue weighted by atomic mass is 9.99. The number of esters is 4. The summed E-state index contributed by atoms with van der Waals surface area (Å²) >= 11 is 0. The smallest absolute Gasteiger partial charge is 0.306 e. The molecule has 10 aromatic rings. The van der Waals surface area contributed by atoms with Crippen LogP contribution in [0.3, 0.4) is 0 Å². The molecule has 16 bridgehead atoms. The van der Waals surface area contributed by atoms with Gasteiger partial charge in [-0.2, -0.15) is 0 Å². The van der Waals surface area contributed by atoms with E-state index < -0.39 is 0 Å². The molecule has 0 amide bonds. The normalized spacial score (nSPS) is 12.9. The van der Waals surface area contributed by atoms with Gasteiger partial charge in [0.1, 0.15) is 26.4 Å². The third-order valence-corrected chi connectivity index (χ3v) is 15.7. The van der Waals surface area contributed by atoms with E-state index in [9.17, 15) is 19.2 Å². The van der Waals surface area contributed by atoms with Crippen molar-refractivity contribution >= 4 is 68.7 Å². The van der Waals surface area contributed by atoms with E-state index in [4.69, 9.17) is 18.9 Å². The first kappa shape index (κ1) is 58.8. The minimum atomic E-state index is -0.380. The van der Waals surface area contributed by atoms with Crippen molar-refractivity contribution in [3.63, 3.8) is 0 Å². The van der Waals surface area contributed by atoms with Gasteiger partial charge in [0.25, 0.3) is 0 Å². The van der Waals surface area contributed by atoms with Crippen LogP contribution < -0.4 is 42.8 Å². The van der Waals surface area contributed by atoms with Crippen LogP contribution in [-0.2, 0) is 38.1 Å². The second-order valence-corrected chi connectivity index (χ2v) is 21.5. The lowest BCUT2D eigenvalue weighted by Gasteiger charge is -2.12. The maximum absolute atomic E-state index is 13.4. The SMILES string of the molecule is C=CCOC(=O)CCC1=c2ccc([nH]2)=C(C2=c3ccc([nH]3)=C(CCC(=O)OCC=C)c3ccc([nH]3)C(n3ccnc3)=c3ccc([nH]3)=C(CCC(=O)OCC=C)c3ccc2[nH]3)c2ccc([nH]2)C(CCC(=O)OCC=C)=c2ccc([nH]2)=C(n2ccnc2)c2ccc1[nH]2. The van der Waals surface area contributed by atoms with Crippen LogP contribution in [0, 0.1) is 0 Å². The predicted octanol–water partition coefficient (Wildman–Crippen LogP) is 4.67. The Labute approximate surface area is 514 Å². The lowest BCUT2D eigenvalue weighted by molar-refractivity contribution is -0.143. The summed E-state index contributed by atoms with van der Waals surface area (Å²) < 4.78 is 26.0. The fourth-order valence-corrected chi connectivity index (χ4v) is 11.6. The molecule has 20 nitrogen and oxygen atoms in total. The Kier molecular flexibility index (Phi) is 17.4. The molecule has 12 heterocycles. The number of ether oxygens (including phenoxy) is 4. The Morgan fingerprint density at radius 3 is 0.911 bits per heavy atom. The maximum atomic E-state index is 13.4. The number of hydrogen-bond donors (Lipinski definition) is 8. The molecule has 90 heavy (non-hydrogen) atoms. The predicted molar refractivity (Wildman–Crippen MR) is 340 cm³/mol. The molecule has 0 fully saturated rings. The average molecular weight is 1200 g/mol. The van der Waals surface area contributed by atoms with Crippen molar-refractivity contribution in [2.45, 2.75) is 51.4 Å². The molecule has 10 aromatic heterocycles. The number of nitrogens with zero attached hydrogens (tertiary/aromatic N) is 4. The van der Waals surface area contributed by atoms with Crippen LogP contribution in [0.1, 0.15) is 96.9 Å². The molecular weight excluding hydrogens is 1140 g/mol. The maximum Gasteiger partial charge on any atom is 0.306 e. The topological polar surface area (TPSA) is 267 Å². The van der Waals surface area contributed by atoms with Gasteiger partial charge in [-0.15, -0.1) is 0 Å². The number of aromatic amines is 8. The van der Waals surface area contributed by atoms with Crippen molar-refractivity contribution in [3.8, 4) is 0 Å². The van der Waals surface area contributed by atoms with E-state index in [0.29, 0.717) is 22.1 Å². The van der Waals surface area contributed by atoms with E-state index in [2.05, 4.69) is 76.2 Å². The number of imidazole rings is 2. The summed E-state index contributed by atoms with van der Waals surface area (Å²) in [4.78, 5) is 92.6. The summed E-state index contributed by atoms with van der Waals surface area (Å²) in [6, 6.07) is 32.2. The number of fused-ring (bicyclic) bond motifs is 16. The Morgan fingerprint density at radius 1 is 0.344 bits per heavy atom. The number of rotatable bonds is 23. The van der Waals surface area contributed by atoms with Crippen LogP contribution in [-0.4, -0.2) is 109 Å². The minimum Gasteiger partial charge on any atom is -0.461 e. The van der Waals surface area contributed by atoms with Gasteiger partial charge in [-0.05, 0) is 145 Å². The summed E-state index contributed by atoms with van der Waals surface area (Å²) in [6.07, 6.45) is 18.2. The van der Waals surface area contributed by atoms with Gasteiger partial charge >= 0.3 is 23.9 Å². The third-order valence-electron chi connectivity index (χ3n) is 15.7. The lowest BCUT2D eigenvalue weighted by Crippen LogP contribution is -2.23. The largest absolute Gasteiger partial charge is 0.461 e. The van der Waals surface area contributed by atoms with Gasteiger partial charge in [0.05, 0.1) is 46.1 Å². The van der Waals surface area contributed by atoms with E-state index in [1.807, 2.05) is 119 Å². The highest BCUT2D eigenvalue weighted by molar-refractivity contribution is 6.03. The highest BCUT2D eigenvalue weighted by Crippen LogP contribution is 2.31. The van der Waals surface area contributed by atoms with Crippen molar-refractivity contribution < 1.29 is 38.1 Å². The molecule has 2 aliphatic heterocycles. The molecule has 0 spiro atoms. The van der Waals surface area contributed by atoms with Crippen LogP contribution >= 0.6 is 0 Å². The van der Waals surface area contributed by atoms with Crippen molar-refractivity contribution in [1.82, 2.24) is 59.0 Å². The van der Waals surface area contributed by atoms with Gasteiger partial charge in [0, 0.05) is 128 Å². The second kappa shape index (κ2) is 26.6. The molecule has 0 aliphatic carbocycles. The fourth-order valence-electron chi connectivity index (χ4n) is 11.6. The van der Waals surface area contributed by atoms with Gasteiger partial charge in [0.2, 0.25) is 0 Å². The van der Waals surface area contributed by atoms with E-state index in [1.165, 1.54) is 0 Å². The van der Waals surface area contributed by atoms with Crippen molar-refractivity contribution in [1.29, 1.82) is 0 Å². The Hall–Kier alpha value is -11.5. The molecule has 12 rings (SSSR count). The molecule has 0 atom stereocenters. The van der Waals surface area contributed by atoms with Gasteiger partial charge in [-0.1, -0.05) is 50.6 Å². The summed E-state index contributed by atoms with van der Waals surface area (Å²) in [5.41, 5.74) is 12.1. The zero-order valence-corrected chi connectivity index (χ0v) is 49.4. The van der Waals surface area contributed by atoms with Crippen molar-refractivity contribution in [2.75, 3.05) is 26.4 Å². The monoisotopic (exact) mass is 1200 g/mol. The quantitative estimate of drug-likeness (QED) is 0.0249. The molecule has 0 saturated heterocycles. The molecule has 0 saturated carbocycles. The molecule has 20 heteroatoms. The summed E-state index contributed by atoms with van der Waals surface area (Å²) in [5, 5.41) is 5.86.